The van der Waals surface area contributed by atoms with Crippen LogP contribution in [0.2, 0.25) is 0 Å². The molecule has 1 saturated heterocycles. The van der Waals surface area contributed by atoms with Gasteiger partial charge in [-0.05, 0) is 18.2 Å². The fraction of sp³-hybridized carbons (Fsp3) is 0.308. The molecule has 0 spiro atoms. The van der Waals surface area contributed by atoms with Gasteiger partial charge in [-0.1, -0.05) is 6.07 Å². The maximum atomic E-state index is 12.3. The van der Waals surface area contributed by atoms with Gasteiger partial charge in [-0.25, -0.2) is 4.79 Å². The molecular weight excluding hydrogens is 264 g/mol. The zero-order chi connectivity index (χ0) is 14.7. The van der Waals surface area contributed by atoms with Gasteiger partial charge in [-0.15, -0.1) is 0 Å². The number of carbonyl (C=O) groups is 3. The highest BCUT2D eigenvalue weighted by molar-refractivity contribution is 5.97. The number of ether oxygens (including phenoxy) is 1. The standard InChI is InChI=1S/C13H14N2O5/c14-11(16)10-7-15(4-5-20-10)12(17)8-2-1-3-9(6-8)13(18)19/h1-3,6,10H,4-5,7H2,(H2,14,16)(H,18,19)/t10-/m0/s1. The average Bonchev–Trinajstić information content (AvgIpc) is 2.46. The summed E-state index contributed by atoms with van der Waals surface area (Å²) in [6.07, 6.45) is -0.824. The number of carbonyl (C=O) groups excluding carboxylic acids is 2. The van der Waals surface area contributed by atoms with Crippen molar-refractivity contribution in [2.24, 2.45) is 5.73 Å². The lowest BCUT2D eigenvalue weighted by atomic mass is 10.1. The molecule has 7 heteroatoms. The van der Waals surface area contributed by atoms with E-state index in [0.717, 1.165) is 0 Å². The lowest BCUT2D eigenvalue weighted by molar-refractivity contribution is -0.133. The molecule has 0 bridgehead atoms. The molecule has 1 aromatic rings. The van der Waals surface area contributed by atoms with Crippen LogP contribution >= 0.6 is 0 Å². The van der Waals surface area contributed by atoms with Crippen molar-refractivity contribution >= 4 is 17.8 Å². The van der Waals surface area contributed by atoms with E-state index in [1.165, 1.54) is 29.2 Å². The number of hydrogen-bond acceptors (Lipinski definition) is 4. The van der Waals surface area contributed by atoms with Gasteiger partial charge < -0.3 is 20.5 Å². The van der Waals surface area contributed by atoms with Gasteiger partial charge in [-0.3, -0.25) is 9.59 Å². The van der Waals surface area contributed by atoms with E-state index in [4.69, 9.17) is 15.6 Å². The molecule has 2 amide bonds. The highest BCUT2D eigenvalue weighted by Gasteiger charge is 2.28. The van der Waals surface area contributed by atoms with E-state index in [9.17, 15) is 14.4 Å². The van der Waals surface area contributed by atoms with E-state index < -0.39 is 18.0 Å². The molecule has 0 unspecified atom stereocenters. The Morgan fingerprint density at radius 2 is 2.00 bits per heavy atom. The number of primary amides is 1. The first-order chi connectivity index (χ1) is 9.49. The monoisotopic (exact) mass is 278 g/mol. The Bertz CT molecular complexity index is 557. The fourth-order valence-corrected chi connectivity index (χ4v) is 1.97. The van der Waals surface area contributed by atoms with Crippen LogP contribution in [-0.4, -0.2) is 53.6 Å². The van der Waals surface area contributed by atoms with Crippen LogP contribution in [-0.2, 0) is 9.53 Å². The molecule has 106 valence electrons. The lowest BCUT2D eigenvalue weighted by Crippen LogP contribution is -2.50. The SMILES string of the molecule is NC(=O)[C@@H]1CN(C(=O)c2cccc(C(=O)O)c2)CCO1. The minimum absolute atomic E-state index is 0.0376. The lowest BCUT2D eigenvalue weighted by Gasteiger charge is -2.31. The number of amides is 2. The second kappa shape index (κ2) is 5.70. The van der Waals surface area contributed by atoms with Gasteiger partial charge in [0, 0.05) is 12.1 Å². The third-order valence-electron chi connectivity index (χ3n) is 3.03. The normalized spacial score (nSPS) is 18.6. The number of carboxylic acids is 1. The Kier molecular flexibility index (Phi) is 3.99. The van der Waals surface area contributed by atoms with E-state index in [2.05, 4.69) is 0 Å². The summed E-state index contributed by atoms with van der Waals surface area (Å²) in [7, 11) is 0. The van der Waals surface area contributed by atoms with Gasteiger partial charge >= 0.3 is 5.97 Å². The number of rotatable bonds is 3. The van der Waals surface area contributed by atoms with E-state index >= 15 is 0 Å². The minimum atomic E-state index is -1.10. The van der Waals surface area contributed by atoms with Crippen molar-refractivity contribution in [3.63, 3.8) is 0 Å². The number of carboxylic acid groups (broad SMARTS) is 1. The van der Waals surface area contributed by atoms with Gasteiger partial charge in [0.25, 0.3) is 5.91 Å². The van der Waals surface area contributed by atoms with Crippen molar-refractivity contribution in [1.29, 1.82) is 0 Å². The van der Waals surface area contributed by atoms with E-state index in [1.807, 2.05) is 0 Å². The Labute approximate surface area is 114 Å². The first kappa shape index (κ1) is 14.0. The molecule has 1 atom stereocenters. The van der Waals surface area contributed by atoms with Crippen LogP contribution in [0.4, 0.5) is 0 Å². The number of hydrogen-bond donors (Lipinski definition) is 2. The molecule has 20 heavy (non-hydrogen) atoms. The van der Waals surface area contributed by atoms with Crippen molar-refractivity contribution in [2.45, 2.75) is 6.10 Å². The zero-order valence-corrected chi connectivity index (χ0v) is 10.6. The van der Waals surface area contributed by atoms with Crippen LogP contribution in [0.3, 0.4) is 0 Å². The topological polar surface area (TPSA) is 110 Å². The third-order valence-corrected chi connectivity index (χ3v) is 3.03. The molecule has 0 radical (unpaired) electrons. The molecule has 1 aliphatic rings. The number of nitrogens with zero attached hydrogens (tertiary/aromatic N) is 1. The van der Waals surface area contributed by atoms with Crippen molar-refractivity contribution in [1.82, 2.24) is 4.90 Å². The summed E-state index contributed by atoms with van der Waals surface area (Å²) in [5.41, 5.74) is 5.45. The van der Waals surface area contributed by atoms with Crippen LogP contribution in [0.25, 0.3) is 0 Å². The van der Waals surface area contributed by atoms with E-state index in [0.29, 0.717) is 6.54 Å². The highest BCUT2D eigenvalue weighted by Crippen LogP contribution is 2.12. The largest absolute Gasteiger partial charge is 0.478 e. The summed E-state index contributed by atoms with van der Waals surface area (Å²) in [4.78, 5) is 35.7. The van der Waals surface area contributed by atoms with Crippen molar-refractivity contribution in [3.8, 4) is 0 Å². The molecular formula is C13H14N2O5. The van der Waals surface area contributed by atoms with Crippen molar-refractivity contribution in [2.75, 3.05) is 19.7 Å². The molecule has 1 aromatic carbocycles. The van der Waals surface area contributed by atoms with Crippen LogP contribution in [0.5, 0.6) is 0 Å². The number of benzene rings is 1. The number of aromatic carboxylic acids is 1. The van der Waals surface area contributed by atoms with E-state index in [1.54, 1.807) is 0 Å². The van der Waals surface area contributed by atoms with Crippen molar-refractivity contribution < 1.29 is 24.2 Å². The molecule has 1 fully saturated rings. The Morgan fingerprint density at radius 1 is 1.30 bits per heavy atom. The first-order valence-electron chi connectivity index (χ1n) is 6.02. The molecule has 3 N–H and O–H groups in total. The smallest absolute Gasteiger partial charge is 0.335 e. The van der Waals surface area contributed by atoms with Gasteiger partial charge in [0.05, 0.1) is 18.7 Å². The second-order valence-electron chi connectivity index (χ2n) is 4.40. The highest BCUT2D eigenvalue weighted by atomic mass is 16.5. The maximum Gasteiger partial charge on any atom is 0.335 e. The molecule has 1 heterocycles. The summed E-state index contributed by atoms with van der Waals surface area (Å²) in [5, 5.41) is 8.91. The van der Waals surface area contributed by atoms with Crippen molar-refractivity contribution in [3.05, 3.63) is 35.4 Å². The molecule has 0 aliphatic carbocycles. The first-order valence-corrected chi connectivity index (χ1v) is 6.02. The molecule has 0 saturated carbocycles. The van der Waals surface area contributed by atoms with Crippen LogP contribution < -0.4 is 5.73 Å². The second-order valence-corrected chi connectivity index (χ2v) is 4.40. The maximum absolute atomic E-state index is 12.3. The zero-order valence-electron chi connectivity index (χ0n) is 10.6. The predicted octanol–water partition coefficient (Wildman–Crippen LogP) is -0.289. The third kappa shape index (κ3) is 2.94. The summed E-state index contributed by atoms with van der Waals surface area (Å²) in [6, 6.07) is 5.75. The molecule has 0 aromatic heterocycles. The minimum Gasteiger partial charge on any atom is -0.478 e. The van der Waals surface area contributed by atoms with E-state index in [-0.39, 0.29) is 30.2 Å². The van der Waals surface area contributed by atoms with Gasteiger partial charge in [-0.2, -0.15) is 0 Å². The van der Waals surface area contributed by atoms with Gasteiger partial charge in [0.2, 0.25) is 5.91 Å². The Morgan fingerprint density at radius 3 is 2.65 bits per heavy atom. The predicted molar refractivity (Wildman–Crippen MR) is 68.2 cm³/mol. The van der Waals surface area contributed by atoms with Gasteiger partial charge in [0.1, 0.15) is 0 Å². The quantitative estimate of drug-likeness (QED) is 0.789. The van der Waals surface area contributed by atoms with Crippen LogP contribution in [0, 0.1) is 0 Å². The molecule has 7 nitrogen and oxygen atoms in total. The van der Waals surface area contributed by atoms with Crippen LogP contribution in [0.15, 0.2) is 24.3 Å². The summed E-state index contributed by atoms with van der Waals surface area (Å²) >= 11 is 0. The van der Waals surface area contributed by atoms with Gasteiger partial charge in [0.15, 0.2) is 6.10 Å². The molecule has 1 aliphatic heterocycles. The summed E-state index contributed by atoms with van der Waals surface area (Å²) < 4.78 is 5.16. The van der Waals surface area contributed by atoms with Crippen LogP contribution in [0.1, 0.15) is 20.7 Å². The number of nitrogens with two attached hydrogens (primary N) is 1. The number of morpholine rings is 1. The molecule has 2 rings (SSSR count). The fourth-order valence-electron chi connectivity index (χ4n) is 1.97. The summed E-state index contributed by atoms with van der Waals surface area (Å²) in [5.74, 6) is -2.07. The average molecular weight is 278 g/mol. The Hall–Kier alpha value is -2.41. The summed E-state index contributed by atoms with van der Waals surface area (Å²) in [6.45, 7) is 0.628. The Balaban J connectivity index is 2.16.